The Labute approximate surface area is 250 Å². The van der Waals surface area contributed by atoms with E-state index in [1.54, 1.807) is 31.0 Å². The molecule has 6 rings (SSSR count). The number of aryl methyl sites for hydroxylation is 1. The van der Waals surface area contributed by atoms with Crippen molar-refractivity contribution in [2.75, 3.05) is 17.0 Å². The van der Waals surface area contributed by atoms with Gasteiger partial charge in [-0.2, -0.15) is 19.0 Å². The van der Waals surface area contributed by atoms with E-state index in [2.05, 4.69) is 10.1 Å². The standard InChI is InChI=1S/C29H29F3N8O3S/c1-16(17-3-6-20(30)7-4-17)43-23-11-18(5-8-22(23)38-44(41,42)28(31)32)25-24-26(39(2)37-25)21(13-35-27(24)34)19-12-36-40(14-19)29(15-33)9-10-29/h3-8,11-14,16,28,38H,9-10,15,33H2,1-2H3,(H2,34,35). The quantitative estimate of drug-likeness (QED) is 0.200. The van der Waals surface area contributed by atoms with E-state index in [4.69, 9.17) is 21.3 Å². The van der Waals surface area contributed by atoms with Gasteiger partial charge in [-0.3, -0.25) is 14.1 Å². The molecule has 5 aromatic rings. The van der Waals surface area contributed by atoms with Crippen LogP contribution in [0, 0.1) is 5.82 Å². The Kier molecular flexibility index (Phi) is 7.24. The van der Waals surface area contributed by atoms with Gasteiger partial charge in [0.15, 0.2) is 0 Å². The van der Waals surface area contributed by atoms with Crippen LogP contribution in [-0.4, -0.2) is 45.3 Å². The summed E-state index contributed by atoms with van der Waals surface area (Å²) in [5.41, 5.74) is 15.6. The Balaban J connectivity index is 1.45. The fraction of sp³-hybridized carbons (Fsp3) is 0.276. The minimum absolute atomic E-state index is 0.0529. The summed E-state index contributed by atoms with van der Waals surface area (Å²) in [6.45, 7) is 2.14. The molecular formula is C29H29F3N8O3S. The van der Waals surface area contributed by atoms with Crippen LogP contribution in [0.25, 0.3) is 33.3 Å². The smallest absolute Gasteiger partial charge is 0.355 e. The molecule has 0 aliphatic heterocycles. The van der Waals surface area contributed by atoms with Crippen LogP contribution in [0.1, 0.15) is 31.4 Å². The molecule has 0 amide bonds. The molecule has 0 bridgehead atoms. The number of fused-ring (bicyclic) bond motifs is 1. The summed E-state index contributed by atoms with van der Waals surface area (Å²) in [6, 6.07) is 9.83. The number of anilines is 2. The van der Waals surface area contributed by atoms with E-state index >= 15 is 0 Å². The second-order valence-corrected chi connectivity index (χ2v) is 12.4. The highest BCUT2D eigenvalue weighted by atomic mass is 32.2. The number of nitrogens with one attached hydrogen (secondary N) is 1. The molecule has 11 nitrogen and oxygen atoms in total. The molecule has 230 valence electrons. The van der Waals surface area contributed by atoms with Gasteiger partial charge in [0.05, 0.1) is 28.3 Å². The van der Waals surface area contributed by atoms with Crippen LogP contribution in [0.15, 0.2) is 61.1 Å². The molecule has 44 heavy (non-hydrogen) atoms. The zero-order valence-corrected chi connectivity index (χ0v) is 24.5. The summed E-state index contributed by atoms with van der Waals surface area (Å²) in [5, 5.41) is 9.77. The topological polar surface area (TPSA) is 156 Å². The number of hydrogen-bond acceptors (Lipinski definition) is 8. The molecule has 0 radical (unpaired) electrons. The van der Waals surface area contributed by atoms with E-state index in [-0.39, 0.29) is 22.8 Å². The van der Waals surface area contributed by atoms with Gasteiger partial charge >= 0.3 is 5.76 Å². The maximum atomic E-state index is 13.5. The highest BCUT2D eigenvalue weighted by Gasteiger charge is 2.44. The molecule has 1 aliphatic carbocycles. The van der Waals surface area contributed by atoms with Crippen LogP contribution >= 0.6 is 0 Å². The molecule has 1 unspecified atom stereocenters. The fourth-order valence-corrected chi connectivity index (χ4v) is 5.75. The lowest BCUT2D eigenvalue weighted by Gasteiger charge is -2.19. The lowest BCUT2D eigenvalue weighted by atomic mass is 10.0. The average Bonchev–Trinajstić information content (AvgIpc) is 3.49. The highest BCUT2D eigenvalue weighted by molar-refractivity contribution is 7.93. The Morgan fingerprint density at radius 3 is 2.50 bits per heavy atom. The molecule has 3 aromatic heterocycles. The summed E-state index contributed by atoms with van der Waals surface area (Å²) < 4.78 is 75.6. The number of nitrogens with two attached hydrogens (primary N) is 2. The van der Waals surface area contributed by atoms with Gasteiger partial charge in [-0.25, -0.2) is 17.8 Å². The maximum absolute atomic E-state index is 13.5. The van der Waals surface area contributed by atoms with Crippen molar-refractivity contribution in [1.29, 1.82) is 0 Å². The number of nitrogen functional groups attached to an aromatic ring is 1. The number of sulfonamides is 1. The van der Waals surface area contributed by atoms with Crippen molar-refractivity contribution in [3.05, 3.63) is 72.4 Å². The fourth-order valence-electron chi connectivity index (χ4n) is 5.18. The maximum Gasteiger partial charge on any atom is 0.355 e. The van der Waals surface area contributed by atoms with E-state index in [0.29, 0.717) is 34.3 Å². The third kappa shape index (κ3) is 5.21. The monoisotopic (exact) mass is 626 g/mol. The number of halogens is 3. The summed E-state index contributed by atoms with van der Waals surface area (Å²) in [6.07, 6.45) is 6.49. The summed E-state index contributed by atoms with van der Waals surface area (Å²) in [7, 11) is -3.26. The molecule has 1 fully saturated rings. The van der Waals surface area contributed by atoms with Crippen molar-refractivity contribution in [1.82, 2.24) is 24.5 Å². The SMILES string of the molecule is CC(Oc1cc(-c2nn(C)c3c(-c4cnn(C5(CN)CC5)c4)cnc(N)c23)ccc1NS(=O)(=O)C(F)F)c1ccc(F)cc1. The van der Waals surface area contributed by atoms with E-state index in [1.165, 1.54) is 42.5 Å². The van der Waals surface area contributed by atoms with E-state index in [0.717, 1.165) is 24.0 Å². The van der Waals surface area contributed by atoms with Crippen molar-refractivity contribution in [2.45, 2.75) is 37.2 Å². The lowest BCUT2D eigenvalue weighted by Crippen LogP contribution is -2.27. The van der Waals surface area contributed by atoms with Gasteiger partial charge in [0, 0.05) is 42.7 Å². The van der Waals surface area contributed by atoms with Gasteiger partial charge in [0.25, 0.3) is 10.0 Å². The normalized spacial score (nSPS) is 15.1. The molecule has 1 atom stereocenters. The van der Waals surface area contributed by atoms with Gasteiger partial charge in [0.1, 0.15) is 29.2 Å². The number of aromatic nitrogens is 5. The third-order valence-corrected chi connectivity index (χ3v) is 8.84. The number of benzene rings is 2. The molecule has 1 saturated carbocycles. The van der Waals surface area contributed by atoms with Crippen molar-refractivity contribution in [2.24, 2.45) is 12.8 Å². The van der Waals surface area contributed by atoms with Gasteiger partial charge in [-0.1, -0.05) is 18.2 Å². The zero-order valence-electron chi connectivity index (χ0n) is 23.7. The average molecular weight is 627 g/mol. The number of nitrogens with zero attached hydrogens (tertiary/aromatic N) is 5. The number of pyridine rings is 1. The first-order chi connectivity index (χ1) is 20.9. The Morgan fingerprint density at radius 2 is 1.84 bits per heavy atom. The zero-order chi connectivity index (χ0) is 31.4. The number of hydrogen-bond donors (Lipinski definition) is 3. The molecule has 15 heteroatoms. The predicted molar refractivity (Wildman–Crippen MR) is 160 cm³/mol. The molecule has 3 heterocycles. The minimum atomic E-state index is -5.02. The largest absolute Gasteiger partial charge is 0.484 e. The van der Waals surface area contributed by atoms with Gasteiger partial charge in [-0.05, 0) is 49.6 Å². The first kappa shape index (κ1) is 29.4. The number of rotatable bonds is 10. The molecule has 5 N–H and O–H groups in total. The Hall–Kier alpha value is -4.63. The summed E-state index contributed by atoms with van der Waals surface area (Å²) in [4.78, 5) is 4.42. The van der Waals surface area contributed by atoms with Crippen LogP contribution in [0.5, 0.6) is 5.75 Å². The third-order valence-electron chi connectivity index (χ3n) is 7.86. The lowest BCUT2D eigenvalue weighted by molar-refractivity contribution is 0.228. The molecule has 2 aromatic carbocycles. The number of alkyl halides is 2. The second-order valence-electron chi connectivity index (χ2n) is 10.8. The van der Waals surface area contributed by atoms with Crippen molar-refractivity contribution in [3.8, 4) is 28.1 Å². The van der Waals surface area contributed by atoms with Crippen molar-refractivity contribution < 1.29 is 26.3 Å². The Bertz CT molecular complexity index is 1970. The molecule has 1 aliphatic rings. The van der Waals surface area contributed by atoms with Crippen LogP contribution in [0.2, 0.25) is 0 Å². The number of ether oxygens (including phenoxy) is 1. The van der Waals surface area contributed by atoms with Gasteiger partial charge in [-0.15, -0.1) is 0 Å². The highest BCUT2D eigenvalue weighted by Crippen LogP contribution is 2.44. The molecular weight excluding hydrogens is 597 g/mol. The van der Waals surface area contributed by atoms with E-state index < -0.39 is 27.7 Å². The first-order valence-corrected chi connectivity index (χ1v) is 15.2. The van der Waals surface area contributed by atoms with Crippen molar-refractivity contribution >= 4 is 32.4 Å². The first-order valence-electron chi connectivity index (χ1n) is 13.7. The van der Waals surface area contributed by atoms with Crippen LogP contribution in [0.3, 0.4) is 0 Å². The van der Waals surface area contributed by atoms with Crippen LogP contribution in [0.4, 0.5) is 24.7 Å². The molecule has 0 spiro atoms. The summed E-state index contributed by atoms with van der Waals surface area (Å²) >= 11 is 0. The predicted octanol–water partition coefficient (Wildman–Crippen LogP) is 4.77. The van der Waals surface area contributed by atoms with Gasteiger partial charge in [0.2, 0.25) is 0 Å². The van der Waals surface area contributed by atoms with Crippen molar-refractivity contribution in [3.63, 3.8) is 0 Å². The minimum Gasteiger partial charge on any atom is -0.484 e. The van der Waals surface area contributed by atoms with Crippen LogP contribution in [-0.2, 0) is 22.6 Å². The van der Waals surface area contributed by atoms with Gasteiger partial charge < -0.3 is 16.2 Å². The van der Waals surface area contributed by atoms with E-state index in [9.17, 15) is 21.6 Å². The Morgan fingerprint density at radius 1 is 1.11 bits per heavy atom. The van der Waals surface area contributed by atoms with Crippen LogP contribution < -0.4 is 20.9 Å². The summed E-state index contributed by atoms with van der Waals surface area (Å²) in [5.74, 6) is -3.97. The second kappa shape index (κ2) is 10.8. The molecule has 0 saturated heterocycles. The van der Waals surface area contributed by atoms with E-state index in [1.807, 2.05) is 15.6 Å².